The SMILES string of the molecule is CC(=O)c1c(N2CCCCCC2)[nH]c2ccccc12. The molecule has 2 heterocycles. The van der Waals surface area contributed by atoms with Crippen molar-refractivity contribution in [3.05, 3.63) is 29.8 Å². The number of benzene rings is 1. The zero-order valence-corrected chi connectivity index (χ0v) is 11.4. The minimum atomic E-state index is 0.150. The first-order valence-corrected chi connectivity index (χ1v) is 7.14. The minimum absolute atomic E-state index is 0.150. The average Bonchev–Trinajstić information content (AvgIpc) is 2.59. The van der Waals surface area contributed by atoms with Gasteiger partial charge in [0.1, 0.15) is 5.82 Å². The molecule has 0 bridgehead atoms. The highest BCUT2D eigenvalue weighted by Gasteiger charge is 2.20. The summed E-state index contributed by atoms with van der Waals surface area (Å²) < 4.78 is 0. The molecular formula is C16H20N2O. The Morgan fingerprint density at radius 2 is 1.79 bits per heavy atom. The lowest BCUT2D eigenvalue weighted by Crippen LogP contribution is -2.25. The van der Waals surface area contributed by atoms with Gasteiger partial charge in [0.15, 0.2) is 5.78 Å². The van der Waals surface area contributed by atoms with Gasteiger partial charge in [-0.2, -0.15) is 0 Å². The zero-order valence-electron chi connectivity index (χ0n) is 11.4. The second kappa shape index (κ2) is 5.08. The van der Waals surface area contributed by atoms with Crippen LogP contribution in [0.25, 0.3) is 10.9 Å². The van der Waals surface area contributed by atoms with Crippen molar-refractivity contribution in [1.29, 1.82) is 0 Å². The summed E-state index contributed by atoms with van der Waals surface area (Å²) in [5.41, 5.74) is 1.92. The quantitative estimate of drug-likeness (QED) is 0.831. The van der Waals surface area contributed by atoms with Crippen molar-refractivity contribution in [2.75, 3.05) is 18.0 Å². The van der Waals surface area contributed by atoms with Crippen molar-refractivity contribution < 1.29 is 4.79 Å². The molecule has 1 saturated heterocycles. The van der Waals surface area contributed by atoms with Crippen molar-refractivity contribution in [1.82, 2.24) is 4.98 Å². The van der Waals surface area contributed by atoms with E-state index in [1.807, 2.05) is 24.3 Å². The highest BCUT2D eigenvalue weighted by atomic mass is 16.1. The summed E-state index contributed by atoms with van der Waals surface area (Å²) in [5.74, 6) is 1.17. The molecular weight excluding hydrogens is 236 g/mol. The van der Waals surface area contributed by atoms with Crippen molar-refractivity contribution in [2.45, 2.75) is 32.6 Å². The van der Waals surface area contributed by atoms with Crippen LogP contribution in [0.15, 0.2) is 24.3 Å². The summed E-state index contributed by atoms with van der Waals surface area (Å²) in [5, 5.41) is 1.05. The summed E-state index contributed by atoms with van der Waals surface area (Å²) in [6, 6.07) is 8.08. The lowest BCUT2D eigenvalue weighted by Gasteiger charge is -2.22. The number of hydrogen-bond acceptors (Lipinski definition) is 2. The van der Waals surface area contributed by atoms with E-state index < -0.39 is 0 Å². The molecule has 100 valence electrons. The van der Waals surface area contributed by atoms with Crippen LogP contribution in [0, 0.1) is 0 Å². The number of H-pyrrole nitrogens is 1. The Balaban J connectivity index is 2.10. The van der Waals surface area contributed by atoms with Gasteiger partial charge in [0.2, 0.25) is 0 Å². The molecule has 1 aliphatic rings. The summed E-state index contributed by atoms with van der Waals surface area (Å²) >= 11 is 0. The fraction of sp³-hybridized carbons (Fsp3) is 0.438. The van der Waals surface area contributed by atoms with E-state index in [9.17, 15) is 4.79 Å². The fourth-order valence-corrected chi connectivity index (χ4v) is 3.02. The van der Waals surface area contributed by atoms with E-state index in [0.29, 0.717) is 0 Å². The van der Waals surface area contributed by atoms with Crippen LogP contribution in [0.1, 0.15) is 43.0 Å². The monoisotopic (exact) mass is 256 g/mol. The summed E-state index contributed by atoms with van der Waals surface area (Å²) in [6.07, 6.45) is 5.03. The topological polar surface area (TPSA) is 36.1 Å². The maximum atomic E-state index is 12.0. The molecule has 0 unspecified atom stereocenters. The molecule has 1 fully saturated rings. The fourth-order valence-electron chi connectivity index (χ4n) is 3.02. The molecule has 3 heteroatoms. The van der Waals surface area contributed by atoms with Gasteiger partial charge < -0.3 is 9.88 Å². The van der Waals surface area contributed by atoms with Crippen LogP contribution in [0.5, 0.6) is 0 Å². The van der Waals surface area contributed by atoms with Gasteiger partial charge in [-0.15, -0.1) is 0 Å². The molecule has 1 aromatic heterocycles. The lowest BCUT2D eigenvalue weighted by molar-refractivity contribution is 0.101. The first-order chi connectivity index (χ1) is 9.27. The minimum Gasteiger partial charge on any atom is -0.358 e. The first-order valence-electron chi connectivity index (χ1n) is 7.14. The van der Waals surface area contributed by atoms with Crippen LogP contribution < -0.4 is 4.90 Å². The number of rotatable bonds is 2. The number of carbonyl (C=O) groups excluding carboxylic acids is 1. The van der Waals surface area contributed by atoms with E-state index >= 15 is 0 Å². The highest BCUT2D eigenvalue weighted by molar-refractivity contribution is 6.11. The van der Waals surface area contributed by atoms with Crippen molar-refractivity contribution in [3.8, 4) is 0 Å². The summed E-state index contributed by atoms with van der Waals surface area (Å²) in [4.78, 5) is 17.8. The number of anilines is 1. The van der Waals surface area contributed by atoms with Gasteiger partial charge in [0, 0.05) is 24.0 Å². The van der Waals surface area contributed by atoms with Gasteiger partial charge in [0.25, 0.3) is 0 Å². The molecule has 0 amide bonds. The smallest absolute Gasteiger partial charge is 0.164 e. The van der Waals surface area contributed by atoms with E-state index in [2.05, 4.69) is 9.88 Å². The number of aromatic amines is 1. The molecule has 19 heavy (non-hydrogen) atoms. The lowest BCUT2D eigenvalue weighted by atomic mass is 10.1. The number of carbonyl (C=O) groups is 1. The number of hydrogen-bond donors (Lipinski definition) is 1. The second-order valence-corrected chi connectivity index (χ2v) is 5.35. The number of ketones is 1. The van der Waals surface area contributed by atoms with Crippen LogP contribution in [-0.2, 0) is 0 Å². The Bertz CT molecular complexity index is 592. The predicted molar refractivity (Wildman–Crippen MR) is 79.0 cm³/mol. The predicted octanol–water partition coefficient (Wildman–Crippen LogP) is 3.75. The standard InChI is InChI=1S/C16H20N2O/c1-12(19)15-13-8-4-5-9-14(13)17-16(15)18-10-6-2-3-7-11-18/h4-5,8-9,17H,2-3,6-7,10-11H2,1H3. The van der Waals surface area contributed by atoms with E-state index in [0.717, 1.165) is 35.4 Å². The Morgan fingerprint density at radius 1 is 1.11 bits per heavy atom. The van der Waals surface area contributed by atoms with E-state index in [1.54, 1.807) is 6.92 Å². The molecule has 1 aliphatic heterocycles. The third kappa shape index (κ3) is 2.25. The average molecular weight is 256 g/mol. The van der Waals surface area contributed by atoms with Crippen molar-refractivity contribution >= 4 is 22.5 Å². The molecule has 1 aromatic carbocycles. The molecule has 3 nitrogen and oxygen atoms in total. The molecule has 1 N–H and O–H groups in total. The maximum absolute atomic E-state index is 12.0. The Kier molecular flexibility index (Phi) is 3.28. The normalized spacial score (nSPS) is 16.6. The number of Topliss-reactive ketones (excluding diaryl/α,β-unsaturated/α-hetero) is 1. The van der Waals surface area contributed by atoms with Gasteiger partial charge in [-0.3, -0.25) is 4.79 Å². The molecule has 0 radical (unpaired) electrons. The van der Waals surface area contributed by atoms with Crippen molar-refractivity contribution in [2.24, 2.45) is 0 Å². The van der Waals surface area contributed by atoms with Crippen LogP contribution in [0.3, 0.4) is 0 Å². The number of nitrogens with one attached hydrogen (secondary N) is 1. The molecule has 0 spiro atoms. The second-order valence-electron chi connectivity index (χ2n) is 5.35. The van der Waals surface area contributed by atoms with Gasteiger partial charge >= 0.3 is 0 Å². The van der Waals surface area contributed by atoms with Gasteiger partial charge in [-0.1, -0.05) is 31.0 Å². The largest absolute Gasteiger partial charge is 0.358 e. The zero-order chi connectivity index (χ0) is 13.2. The van der Waals surface area contributed by atoms with Crippen LogP contribution >= 0.6 is 0 Å². The summed E-state index contributed by atoms with van der Waals surface area (Å²) in [6.45, 7) is 3.76. The third-order valence-corrected chi connectivity index (χ3v) is 3.96. The highest BCUT2D eigenvalue weighted by Crippen LogP contribution is 2.30. The van der Waals surface area contributed by atoms with E-state index in [1.165, 1.54) is 25.7 Å². The molecule has 3 rings (SSSR count). The Labute approximate surface area is 113 Å². The summed E-state index contributed by atoms with van der Waals surface area (Å²) in [7, 11) is 0. The molecule has 0 saturated carbocycles. The van der Waals surface area contributed by atoms with Crippen LogP contribution in [-0.4, -0.2) is 23.9 Å². The van der Waals surface area contributed by atoms with E-state index in [4.69, 9.17) is 0 Å². The molecule has 0 atom stereocenters. The Morgan fingerprint density at radius 3 is 2.47 bits per heavy atom. The molecule has 0 aliphatic carbocycles. The van der Waals surface area contributed by atoms with Gasteiger partial charge in [-0.05, 0) is 25.8 Å². The maximum Gasteiger partial charge on any atom is 0.164 e. The first kappa shape index (κ1) is 12.3. The van der Waals surface area contributed by atoms with Crippen molar-refractivity contribution in [3.63, 3.8) is 0 Å². The number of fused-ring (bicyclic) bond motifs is 1. The van der Waals surface area contributed by atoms with E-state index in [-0.39, 0.29) is 5.78 Å². The Hall–Kier alpha value is -1.77. The third-order valence-electron chi connectivity index (χ3n) is 3.96. The van der Waals surface area contributed by atoms with Crippen LogP contribution in [0.4, 0.5) is 5.82 Å². The number of aromatic nitrogens is 1. The van der Waals surface area contributed by atoms with Gasteiger partial charge in [-0.25, -0.2) is 0 Å². The van der Waals surface area contributed by atoms with Gasteiger partial charge in [0.05, 0.1) is 5.56 Å². The van der Waals surface area contributed by atoms with Crippen LogP contribution in [0.2, 0.25) is 0 Å². The number of nitrogens with zero attached hydrogens (tertiary/aromatic N) is 1. The number of para-hydroxylation sites is 1. The molecule has 2 aromatic rings.